The van der Waals surface area contributed by atoms with Gasteiger partial charge in [-0.3, -0.25) is 4.79 Å². The first-order valence-corrected chi connectivity index (χ1v) is 7.49. The zero-order chi connectivity index (χ0) is 14.5. The summed E-state index contributed by atoms with van der Waals surface area (Å²) in [5.74, 6) is -0.190. The SMILES string of the molecule is CCCc1cc(C(=O)Nc2cccc(Br)c2)cc(Cl)n1. The van der Waals surface area contributed by atoms with Crippen molar-refractivity contribution in [2.24, 2.45) is 0 Å². The first-order chi connectivity index (χ1) is 9.58. The van der Waals surface area contributed by atoms with E-state index in [0.717, 1.165) is 28.7 Å². The van der Waals surface area contributed by atoms with Crippen molar-refractivity contribution in [2.75, 3.05) is 5.32 Å². The fraction of sp³-hybridized carbons (Fsp3) is 0.200. The quantitative estimate of drug-likeness (QED) is 0.809. The lowest BCUT2D eigenvalue weighted by Gasteiger charge is -2.07. The van der Waals surface area contributed by atoms with Gasteiger partial charge >= 0.3 is 0 Å². The highest BCUT2D eigenvalue weighted by Gasteiger charge is 2.09. The first kappa shape index (κ1) is 15.0. The molecule has 0 atom stereocenters. The summed E-state index contributed by atoms with van der Waals surface area (Å²) in [7, 11) is 0. The number of nitrogens with one attached hydrogen (secondary N) is 1. The number of carbonyl (C=O) groups is 1. The highest BCUT2D eigenvalue weighted by molar-refractivity contribution is 9.10. The molecule has 0 saturated heterocycles. The molecule has 0 aliphatic rings. The van der Waals surface area contributed by atoms with Crippen LogP contribution in [0.1, 0.15) is 29.4 Å². The van der Waals surface area contributed by atoms with Gasteiger partial charge in [0.05, 0.1) is 0 Å². The van der Waals surface area contributed by atoms with E-state index in [1.54, 1.807) is 12.1 Å². The lowest BCUT2D eigenvalue weighted by atomic mass is 10.1. The Labute approximate surface area is 131 Å². The van der Waals surface area contributed by atoms with Crippen molar-refractivity contribution in [1.82, 2.24) is 4.98 Å². The van der Waals surface area contributed by atoms with Gasteiger partial charge in [0.15, 0.2) is 0 Å². The van der Waals surface area contributed by atoms with E-state index < -0.39 is 0 Å². The van der Waals surface area contributed by atoms with Gasteiger partial charge in [-0.25, -0.2) is 4.98 Å². The van der Waals surface area contributed by atoms with Gasteiger partial charge < -0.3 is 5.32 Å². The molecule has 0 radical (unpaired) electrons. The van der Waals surface area contributed by atoms with E-state index in [4.69, 9.17) is 11.6 Å². The Morgan fingerprint density at radius 3 is 2.85 bits per heavy atom. The normalized spacial score (nSPS) is 10.3. The molecule has 3 nitrogen and oxygen atoms in total. The fourth-order valence-electron chi connectivity index (χ4n) is 1.84. The number of aryl methyl sites for hydroxylation is 1. The molecule has 0 bridgehead atoms. The van der Waals surface area contributed by atoms with Crippen molar-refractivity contribution in [2.45, 2.75) is 19.8 Å². The first-order valence-electron chi connectivity index (χ1n) is 6.32. The third-order valence-corrected chi connectivity index (χ3v) is 3.38. The van der Waals surface area contributed by atoms with Gasteiger partial charge in [-0.05, 0) is 36.8 Å². The molecule has 1 heterocycles. The molecule has 5 heteroatoms. The van der Waals surface area contributed by atoms with Crippen LogP contribution in [0.2, 0.25) is 5.15 Å². The topological polar surface area (TPSA) is 42.0 Å². The van der Waals surface area contributed by atoms with Gasteiger partial charge in [0, 0.05) is 21.4 Å². The largest absolute Gasteiger partial charge is 0.322 e. The third kappa shape index (κ3) is 4.05. The summed E-state index contributed by atoms with van der Waals surface area (Å²) in [5.41, 5.74) is 2.09. The Morgan fingerprint density at radius 2 is 2.15 bits per heavy atom. The maximum Gasteiger partial charge on any atom is 0.255 e. The summed E-state index contributed by atoms with van der Waals surface area (Å²) < 4.78 is 0.912. The van der Waals surface area contributed by atoms with E-state index in [1.807, 2.05) is 24.3 Å². The fourth-order valence-corrected chi connectivity index (χ4v) is 2.46. The van der Waals surface area contributed by atoms with Crippen molar-refractivity contribution in [3.05, 3.63) is 57.3 Å². The molecule has 0 aliphatic carbocycles. The maximum atomic E-state index is 12.2. The molecule has 0 saturated carbocycles. The number of nitrogens with zero attached hydrogens (tertiary/aromatic N) is 1. The number of halogens is 2. The maximum absolute atomic E-state index is 12.2. The molecule has 2 rings (SSSR count). The van der Waals surface area contributed by atoms with Crippen molar-refractivity contribution in [3.8, 4) is 0 Å². The number of benzene rings is 1. The van der Waals surface area contributed by atoms with Gasteiger partial charge in [-0.2, -0.15) is 0 Å². The summed E-state index contributed by atoms with van der Waals surface area (Å²) in [6, 6.07) is 10.8. The molecule has 0 unspecified atom stereocenters. The van der Waals surface area contributed by atoms with Crippen LogP contribution >= 0.6 is 27.5 Å². The number of aromatic nitrogens is 1. The molecule has 1 aromatic heterocycles. The van der Waals surface area contributed by atoms with E-state index in [1.165, 1.54) is 0 Å². The van der Waals surface area contributed by atoms with Crippen molar-refractivity contribution < 1.29 is 4.79 Å². The summed E-state index contributed by atoms with van der Waals surface area (Å²) >= 11 is 9.33. The summed E-state index contributed by atoms with van der Waals surface area (Å²) in [6.07, 6.45) is 1.76. The van der Waals surface area contributed by atoms with E-state index in [9.17, 15) is 4.79 Å². The van der Waals surface area contributed by atoms with Crippen LogP contribution in [-0.2, 0) is 6.42 Å². The minimum absolute atomic E-state index is 0.190. The number of carbonyl (C=O) groups excluding carboxylic acids is 1. The molecule has 1 amide bonds. The van der Waals surface area contributed by atoms with E-state index in [0.29, 0.717) is 10.7 Å². The van der Waals surface area contributed by atoms with Crippen LogP contribution < -0.4 is 5.32 Å². The van der Waals surface area contributed by atoms with E-state index >= 15 is 0 Å². The van der Waals surface area contributed by atoms with Crippen LogP contribution in [0.5, 0.6) is 0 Å². The van der Waals surface area contributed by atoms with Crippen LogP contribution in [0.4, 0.5) is 5.69 Å². The Balaban J connectivity index is 2.20. The summed E-state index contributed by atoms with van der Waals surface area (Å²) in [4.78, 5) is 16.4. The van der Waals surface area contributed by atoms with Crippen LogP contribution in [0, 0.1) is 0 Å². The monoisotopic (exact) mass is 352 g/mol. The molecule has 2 aromatic rings. The minimum Gasteiger partial charge on any atom is -0.322 e. The van der Waals surface area contributed by atoms with E-state index in [2.05, 4.69) is 33.2 Å². The van der Waals surface area contributed by atoms with Crippen molar-refractivity contribution in [3.63, 3.8) is 0 Å². The predicted molar refractivity (Wildman–Crippen MR) is 85.3 cm³/mol. The van der Waals surface area contributed by atoms with Crippen LogP contribution in [0.15, 0.2) is 40.9 Å². The second-order valence-corrected chi connectivity index (χ2v) is 5.69. The standard InChI is InChI=1S/C15H14BrClN2O/c1-2-4-12-7-10(8-14(17)18-12)15(20)19-13-6-3-5-11(16)9-13/h3,5-9H,2,4H2,1H3,(H,19,20). The van der Waals surface area contributed by atoms with Crippen LogP contribution in [0.3, 0.4) is 0 Å². The smallest absolute Gasteiger partial charge is 0.255 e. The number of hydrogen-bond donors (Lipinski definition) is 1. The van der Waals surface area contributed by atoms with Crippen molar-refractivity contribution >= 4 is 39.1 Å². The lowest BCUT2D eigenvalue weighted by Crippen LogP contribution is -2.12. The van der Waals surface area contributed by atoms with E-state index in [-0.39, 0.29) is 5.91 Å². The Kier molecular flexibility index (Phi) is 5.15. The Bertz CT molecular complexity index is 631. The average Bonchev–Trinajstić information content (AvgIpc) is 2.38. The molecule has 1 aromatic carbocycles. The van der Waals surface area contributed by atoms with Crippen LogP contribution in [-0.4, -0.2) is 10.9 Å². The molecular formula is C15H14BrClN2O. The second kappa shape index (κ2) is 6.86. The number of amides is 1. The lowest BCUT2D eigenvalue weighted by molar-refractivity contribution is 0.102. The molecule has 104 valence electrons. The van der Waals surface area contributed by atoms with Gasteiger partial charge in [0.2, 0.25) is 0 Å². The predicted octanol–water partition coefficient (Wildman–Crippen LogP) is 4.70. The third-order valence-electron chi connectivity index (χ3n) is 2.70. The van der Waals surface area contributed by atoms with Crippen molar-refractivity contribution in [1.29, 1.82) is 0 Å². The Hall–Kier alpha value is -1.39. The molecule has 0 aliphatic heterocycles. The number of rotatable bonds is 4. The minimum atomic E-state index is -0.190. The molecule has 0 fully saturated rings. The average molecular weight is 354 g/mol. The number of pyridine rings is 1. The van der Waals surface area contributed by atoms with Gasteiger partial charge in [-0.15, -0.1) is 0 Å². The van der Waals surface area contributed by atoms with Gasteiger partial charge in [-0.1, -0.05) is 46.9 Å². The molecule has 20 heavy (non-hydrogen) atoms. The summed E-state index contributed by atoms with van der Waals surface area (Å²) in [5, 5.41) is 3.18. The zero-order valence-electron chi connectivity index (χ0n) is 11.0. The highest BCUT2D eigenvalue weighted by atomic mass is 79.9. The number of anilines is 1. The highest BCUT2D eigenvalue weighted by Crippen LogP contribution is 2.18. The molecule has 1 N–H and O–H groups in total. The number of hydrogen-bond acceptors (Lipinski definition) is 2. The van der Waals surface area contributed by atoms with Gasteiger partial charge in [0.25, 0.3) is 5.91 Å². The second-order valence-electron chi connectivity index (χ2n) is 4.38. The summed E-state index contributed by atoms with van der Waals surface area (Å²) in [6.45, 7) is 2.06. The zero-order valence-corrected chi connectivity index (χ0v) is 13.3. The molecular weight excluding hydrogens is 340 g/mol. The van der Waals surface area contributed by atoms with Crippen LogP contribution in [0.25, 0.3) is 0 Å². The Morgan fingerprint density at radius 1 is 1.35 bits per heavy atom. The molecule has 0 spiro atoms. The van der Waals surface area contributed by atoms with Gasteiger partial charge in [0.1, 0.15) is 5.15 Å².